The van der Waals surface area contributed by atoms with Crippen molar-refractivity contribution in [1.82, 2.24) is 20.3 Å². The number of benzene rings is 3. The van der Waals surface area contributed by atoms with Crippen LogP contribution in [0.25, 0.3) is 22.3 Å². The molecule has 0 aliphatic carbocycles. The van der Waals surface area contributed by atoms with Crippen LogP contribution in [0, 0.1) is 17.0 Å². The van der Waals surface area contributed by atoms with Crippen molar-refractivity contribution < 1.29 is 33.0 Å². The fraction of sp³-hybridized carbons (Fsp3) is 0.324. The lowest BCUT2D eigenvalue weighted by molar-refractivity contribution is -0.136. The predicted molar refractivity (Wildman–Crippen MR) is 177 cm³/mol. The highest BCUT2D eigenvalue weighted by Gasteiger charge is 2.34. The molecular weight excluding hydrogens is 618 g/mol. The molecule has 1 aliphatic rings. The molecule has 0 radical (unpaired) electrons. The second kappa shape index (κ2) is 13.1. The van der Waals surface area contributed by atoms with E-state index in [-0.39, 0.29) is 47.8 Å². The number of carboxylic acids is 1. The second-order valence-corrected chi connectivity index (χ2v) is 13.3. The van der Waals surface area contributed by atoms with Gasteiger partial charge in [0.25, 0.3) is 0 Å². The summed E-state index contributed by atoms with van der Waals surface area (Å²) in [7, 11) is 0. The van der Waals surface area contributed by atoms with Crippen molar-refractivity contribution in [2.75, 3.05) is 13.2 Å². The number of carbonyl (C=O) groups excluding carboxylic acids is 1. The highest BCUT2D eigenvalue weighted by atomic mass is 19.1. The number of aromatic amines is 2. The number of halogens is 2. The summed E-state index contributed by atoms with van der Waals surface area (Å²) < 4.78 is 42.6. The first-order chi connectivity index (χ1) is 22.9. The van der Waals surface area contributed by atoms with E-state index in [2.05, 4.69) is 41.0 Å². The summed E-state index contributed by atoms with van der Waals surface area (Å²) in [4.78, 5) is 35.0. The third-order valence-corrected chi connectivity index (χ3v) is 9.24. The lowest BCUT2D eigenvalue weighted by Crippen LogP contribution is -2.36. The molecular formula is C37H38F2N4O5. The molecule has 11 heteroatoms. The van der Waals surface area contributed by atoms with Gasteiger partial charge in [-0.05, 0) is 67.0 Å². The number of hydrogen-bond donors (Lipinski definition) is 4. The third kappa shape index (κ3) is 6.90. The Bertz CT molecular complexity index is 1980. The number of aromatic nitrogens is 3. The van der Waals surface area contributed by atoms with Gasteiger partial charge in [0.1, 0.15) is 17.4 Å². The van der Waals surface area contributed by atoms with E-state index in [1.165, 1.54) is 24.3 Å². The van der Waals surface area contributed by atoms with E-state index in [9.17, 15) is 14.7 Å². The molecule has 1 unspecified atom stereocenters. The molecule has 3 aromatic carbocycles. The first-order valence-corrected chi connectivity index (χ1v) is 16.0. The van der Waals surface area contributed by atoms with Crippen LogP contribution < -0.4 is 10.1 Å². The number of cyclic esters (lactones) is 1. The van der Waals surface area contributed by atoms with Gasteiger partial charge in [-0.1, -0.05) is 38.1 Å². The number of fused-ring (bicyclic) bond motifs is 8. The zero-order chi connectivity index (χ0) is 34.1. The number of aliphatic carboxylic acids is 1. The molecule has 250 valence electrons. The highest BCUT2D eigenvalue weighted by Crippen LogP contribution is 2.41. The van der Waals surface area contributed by atoms with Crippen LogP contribution in [0.3, 0.4) is 0 Å². The molecule has 9 nitrogen and oxygen atoms in total. The molecule has 6 rings (SSSR count). The molecule has 1 aliphatic heterocycles. The molecule has 0 fully saturated rings. The Balaban J connectivity index is 1.44. The fourth-order valence-electron chi connectivity index (χ4n) is 6.23. The van der Waals surface area contributed by atoms with Gasteiger partial charge in [0, 0.05) is 65.4 Å². The summed E-state index contributed by atoms with van der Waals surface area (Å²) in [5.41, 5.74) is 2.77. The number of aryl methyl sites for hydroxylation is 1. The van der Waals surface area contributed by atoms with Gasteiger partial charge in [-0.25, -0.2) is 18.6 Å². The van der Waals surface area contributed by atoms with E-state index in [0.717, 1.165) is 16.8 Å². The molecule has 4 bridgehead atoms. The maximum Gasteiger partial charge on any atom is 0.407 e. The van der Waals surface area contributed by atoms with E-state index < -0.39 is 29.1 Å². The number of nitrogens with one attached hydrogen (secondary N) is 3. The van der Waals surface area contributed by atoms with E-state index in [0.29, 0.717) is 42.3 Å². The van der Waals surface area contributed by atoms with Crippen LogP contribution in [0.2, 0.25) is 0 Å². The zero-order valence-electron chi connectivity index (χ0n) is 27.1. The average molecular weight is 657 g/mol. The van der Waals surface area contributed by atoms with Crippen LogP contribution in [0.15, 0.2) is 67.0 Å². The minimum absolute atomic E-state index is 0.00526. The Morgan fingerprint density at radius 1 is 1.04 bits per heavy atom. The Morgan fingerprint density at radius 3 is 2.69 bits per heavy atom. The maximum absolute atomic E-state index is 15.5. The Hall–Kier alpha value is -5.19. The summed E-state index contributed by atoms with van der Waals surface area (Å²) in [6.45, 7) is 6.49. The van der Waals surface area contributed by atoms with Crippen molar-refractivity contribution in [2.45, 2.75) is 58.3 Å². The van der Waals surface area contributed by atoms with Gasteiger partial charge < -0.3 is 29.9 Å². The van der Waals surface area contributed by atoms with E-state index >= 15 is 8.78 Å². The smallest absolute Gasteiger partial charge is 0.407 e. The molecule has 2 aromatic heterocycles. The van der Waals surface area contributed by atoms with Gasteiger partial charge in [0.05, 0.1) is 12.2 Å². The first-order valence-electron chi connectivity index (χ1n) is 16.0. The van der Waals surface area contributed by atoms with E-state index in [1.807, 2.05) is 24.3 Å². The van der Waals surface area contributed by atoms with Gasteiger partial charge in [-0.2, -0.15) is 0 Å². The van der Waals surface area contributed by atoms with Crippen molar-refractivity contribution in [1.29, 1.82) is 0 Å². The summed E-state index contributed by atoms with van der Waals surface area (Å²) >= 11 is 0. The number of H-pyrrole nitrogens is 2. The number of rotatable bonds is 4. The quantitative estimate of drug-likeness (QED) is 0.155. The largest absolute Gasteiger partial charge is 0.481 e. The van der Waals surface area contributed by atoms with Gasteiger partial charge in [0.15, 0.2) is 11.6 Å². The number of hydrogen-bond acceptors (Lipinski definition) is 5. The molecule has 0 saturated heterocycles. The van der Waals surface area contributed by atoms with Crippen LogP contribution in [0.5, 0.6) is 11.5 Å². The number of carbonyl (C=O) groups is 2. The van der Waals surface area contributed by atoms with Crippen molar-refractivity contribution >= 4 is 23.0 Å². The molecule has 5 aromatic rings. The second-order valence-electron chi connectivity index (χ2n) is 13.3. The van der Waals surface area contributed by atoms with Crippen molar-refractivity contribution in [2.24, 2.45) is 5.41 Å². The van der Waals surface area contributed by atoms with Crippen molar-refractivity contribution in [3.63, 3.8) is 0 Å². The summed E-state index contributed by atoms with van der Waals surface area (Å²) in [6, 6.07) is 15.1. The lowest BCUT2D eigenvalue weighted by Gasteiger charge is -2.34. The summed E-state index contributed by atoms with van der Waals surface area (Å²) in [5, 5.41) is 12.8. The third-order valence-electron chi connectivity index (χ3n) is 9.24. The Labute approximate surface area is 276 Å². The van der Waals surface area contributed by atoms with Gasteiger partial charge in [-0.15, -0.1) is 0 Å². The number of ether oxygens (including phenoxy) is 2. The van der Waals surface area contributed by atoms with Crippen LogP contribution in [0.1, 0.15) is 62.4 Å². The van der Waals surface area contributed by atoms with Crippen LogP contribution in [0.4, 0.5) is 13.6 Å². The Morgan fingerprint density at radius 2 is 1.88 bits per heavy atom. The molecule has 48 heavy (non-hydrogen) atoms. The standard InChI is InChI=1S/C37H38F2N4O5/c1-36(2)13-14-37(3,23-6-4-5-22(17-23)7-10-32(44)45)31-20-41-34(43-31)27-18-24(8-9-28(27)38)48-33-26(12-16-47-35(46)42-21-36)25-11-15-40-30(25)19-29(33)39/h4-6,8-9,11,15,17-20,40H,7,10,12-14,16,21H2,1-3H3,(H,41,43)(H,42,46)(H,44,45). The molecule has 3 heterocycles. The van der Waals surface area contributed by atoms with E-state index in [1.54, 1.807) is 18.5 Å². The van der Waals surface area contributed by atoms with Gasteiger partial charge in [0.2, 0.25) is 0 Å². The molecule has 1 atom stereocenters. The van der Waals surface area contributed by atoms with Crippen LogP contribution >= 0.6 is 0 Å². The SMILES string of the molecule is CC1(C)CCC(C)(c2cccc(CCC(=O)O)c2)c2cnc([nH]2)-c2cc(ccc2F)Oc2c(F)cc3[nH]ccc3c2CCOC(=O)NC1. The van der Waals surface area contributed by atoms with Gasteiger partial charge >= 0.3 is 12.1 Å². The average Bonchev–Trinajstić information content (AvgIpc) is 3.74. The minimum atomic E-state index is -0.873. The van der Waals surface area contributed by atoms with Crippen LogP contribution in [-0.4, -0.2) is 45.3 Å². The van der Waals surface area contributed by atoms with Gasteiger partial charge in [-0.3, -0.25) is 4.79 Å². The lowest BCUT2D eigenvalue weighted by atomic mass is 9.71. The summed E-state index contributed by atoms with van der Waals surface area (Å²) in [6.07, 6.45) is 4.65. The molecule has 4 N–H and O–H groups in total. The zero-order valence-corrected chi connectivity index (χ0v) is 27.1. The predicted octanol–water partition coefficient (Wildman–Crippen LogP) is 8.04. The normalized spacial score (nSPS) is 18.4. The minimum Gasteiger partial charge on any atom is -0.481 e. The molecule has 1 amide bonds. The molecule has 0 spiro atoms. The topological polar surface area (TPSA) is 129 Å². The molecule has 0 saturated carbocycles. The monoisotopic (exact) mass is 656 g/mol. The van der Waals surface area contributed by atoms with Crippen molar-refractivity contribution in [3.8, 4) is 22.9 Å². The van der Waals surface area contributed by atoms with Crippen LogP contribution in [-0.2, 0) is 27.8 Å². The number of nitrogens with zero attached hydrogens (tertiary/aromatic N) is 1. The first kappa shape index (κ1) is 32.7. The summed E-state index contributed by atoms with van der Waals surface area (Å²) in [5.74, 6) is -1.59. The van der Waals surface area contributed by atoms with Crippen molar-refractivity contribution in [3.05, 3.63) is 101 Å². The van der Waals surface area contributed by atoms with E-state index in [4.69, 9.17) is 9.47 Å². The number of amides is 1. The number of alkyl carbamates (subject to hydrolysis) is 1. The maximum atomic E-state index is 15.5. The Kier molecular flexibility index (Phi) is 8.96. The fourth-order valence-corrected chi connectivity index (χ4v) is 6.23. The number of carboxylic acid groups (broad SMARTS) is 1. The highest BCUT2D eigenvalue weighted by molar-refractivity contribution is 5.85. The number of imidazole rings is 1.